The van der Waals surface area contributed by atoms with Gasteiger partial charge in [-0.3, -0.25) is 0 Å². The van der Waals surface area contributed by atoms with Gasteiger partial charge in [0.2, 0.25) is 0 Å². The summed E-state index contributed by atoms with van der Waals surface area (Å²) in [4.78, 5) is 10.9. The van der Waals surface area contributed by atoms with Gasteiger partial charge >= 0.3 is 6.09 Å². The Hall–Kier alpha value is -0.840. The molecule has 13 heavy (non-hydrogen) atoms. The van der Waals surface area contributed by atoms with Crippen LogP contribution in [0.1, 0.15) is 19.8 Å². The second kappa shape index (κ2) is 6.65. The van der Waals surface area contributed by atoms with Crippen LogP contribution >= 0.6 is 12.2 Å². The quantitative estimate of drug-likeness (QED) is 0.706. The largest absolute Gasteiger partial charge is 0.488 e. The van der Waals surface area contributed by atoms with E-state index in [2.05, 4.69) is 10.1 Å². The normalized spacial score (nSPS) is 11.6. The topological polar surface area (TPSA) is 47.6 Å². The number of hydrogen-bond donors (Lipinski definition) is 1. The highest BCUT2D eigenvalue weighted by Crippen LogP contribution is 2.01. The number of carbonyl (C=O) groups is 1. The molecule has 0 aliphatic heterocycles. The van der Waals surface area contributed by atoms with E-state index in [0.29, 0.717) is 5.05 Å². The minimum atomic E-state index is -0.488. The van der Waals surface area contributed by atoms with Crippen molar-refractivity contribution in [2.45, 2.75) is 25.8 Å². The first-order valence-corrected chi connectivity index (χ1v) is 4.48. The highest BCUT2D eigenvalue weighted by molar-refractivity contribution is 7.80. The van der Waals surface area contributed by atoms with Crippen LogP contribution in [0, 0.1) is 0 Å². The van der Waals surface area contributed by atoms with Crippen LogP contribution in [0.15, 0.2) is 0 Å². The lowest BCUT2D eigenvalue weighted by atomic mass is 10.2. The number of carbonyl (C=O) groups excluding carboxylic acids is 1. The van der Waals surface area contributed by atoms with Crippen LogP contribution in [0.3, 0.4) is 0 Å². The third-order valence-electron chi connectivity index (χ3n) is 1.54. The van der Waals surface area contributed by atoms with Gasteiger partial charge in [-0.25, -0.2) is 4.79 Å². The van der Waals surface area contributed by atoms with Gasteiger partial charge < -0.3 is 14.8 Å². The summed E-state index contributed by atoms with van der Waals surface area (Å²) in [5.41, 5.74) is 0. The van der Waals surface area contributed by atoms with Crippen molar-refractivity contribution in [1.82, 2.24) is 5.32 Å². The Morgan fingerprint density at radius 1 is 1.46 bits per heavy atom. The predicted molar refractivity (Wildman–Crippen MR) is 53.8 cm³/mol. The molecule has 0 aromatic rings. The molecule has 0 saturated carbocycles. The van der Waals surface area contributed by atoms with Crippen molar-refractivity contribution < 1.29 is 14.3 Å². The molecule has 1 N–H and O–H groups in total. The zero-order chi connectivity index (χ0) is 10.3. The third-order valence-corrected chi connectivity index (χ3v) is 1.99. The highest BCUT2D eigenvalue weighted by Gasteiger charge is 2.16. The number of methoxy groups -OCH3 is 2. The minimum Gasteiger partial charge on any atom is -0.488 e. The first kappa shape index (κ1) is 12.2. The molecule has 0 aliphatic rings. The average Bonchev–Trinajstić information content (AvgIpc) is 2.15. The molecule has 0 aromatic heterocycles. The Bertz CT molecular complexity index is 184. The van der Waals surface area contributed by atoms with Gasteiger partial charge in [0.25, 0.3) is 0 Å². The van der Waals surface area contributed by atoms with Crippen molar-refractivity contribution in [1.29, 1.82) is 0 Å². The number of ether oxygens (including phenoxy) is 2. The molecule has 0 rings (SSSR count). The van der Waals surface area contributed by atoms with Crippen LogP contribution < -0.4 is 5.32 Å². The zero-order valence-corrected chi connectivity index (χ0v) is 8.94. The maximum Gasteiger partial charge on any atom is 0.407 e. The number of rotatable bonds is 4. The summed E-state index contributed by atoms with van der Waals surface area (Å²) >= 11 is 4.92. The van der Waals surface area contributed by atoms with E-state index in [9.17, 15) is 4.79 Å². The summed E-state index contributed by atoms with van der Waals surface area (Å²) in [7, 11) is 2.80. The standard InChI is InChI=1S/C8H15NO3S/c1-4-5-6(7(13)11-2)9-8(10)12-3/h6H,4-5H2,1-3H3,(H,9,10)/t6-/m0/s1. The maximum absolute atomic E-state index is 10.9. The Morgan fingerprint density at radius 2 is 2.08 bits per heavy atom. The molecular weight excluding hydrogens is 190 g/mol. The van der Waals surface area contributed by atoms with E-state index in [0.717, 1.165) is 12.8 Å². The van der Waals surface area contributed by atoms with Crippen LogP contribution in [0.25, 0.3) is 0 Å². The van der Waals surface area contributed by atoms with Gasteiger partial charge in [-0.2, -0.15) is 0 Å². The number of thiocarbonyl (C=S) groups is 1. The first-order valence-electron chi connectivity index (χ1n) is 4.08. The Morgan fingerprint density at radius 3 is 2.46 bits per heavy atom. The van der Waals surface area contributed by atoms with Crippen molar-refractivity contribution in [2.75, 3.05) is 14.2 Å². The molecule has 0 radical (unpaired) electrons. The smallest absolute Gasteiger partial charge is 0.407 e. The van der Waals surface area contributed by atoms with Gasteiger partial charge in [0.05, 0.1) is 14.2 Å². The van der Waals surface area contributed by atoms with Crippen molar-refractivity contribution in [3.05, 3.63) is 0 Å². The summed E-state index contributed by atoms with van der Waals surface area (Å²) in [6, 6.07) is -0.238. The molecule has 5 heteroatoms. The lowest BCUT2D eigenvalue weighted by Crippen LogP contribution is -2.40. The van der Waals surface area contributed by atoms with Crippen molar-refractivity contribution in [3.63, 3.8) is 0 Å². The lowest BCUT2D eigenvalue weighted by molar-refractivity contribution is 0.167. The van der Waals surface area contributed by atoms with Gasteiger partial charge in [0.1, 0.15) is 6.04 Å². The second-order valence-corrected chi connectivity index (χ2v) is 2.90. The van der Waals surface area contributed by atoms with Crippen molar-refractivity contribution >= 4 is 23.4 Å². The molecule has 0 spiro atoms. The zero-order valence-electron chi connectivity index (χ0n) is 8.12. The summed E-state index contributed by atoms with van der Waals surface area (Å²) in [5, 5.41) is 2.97. The fraction of sp³-hybridized carbons (Fsp3) is 0.750. The Balaban J connectivity index is 4.08. The van der Waals surface area contributed by atoms with Gasteiger partial charge in [-0.1, -0.05) is 13.3 Å². The van der Waals surface area contributed by atoms with E-state index in [4.69, 9.17) is 17.0 Å². The average molecular weight is 205 g/mol. The predicted octanol–water partition coefficient (Wildman–Crippen LogP) is 1.48. The third kappa shape index (κ3) is 4.67. The number of hydrogen-bond acceptors (Lipinski definition) is 4. The molecule has 0 saturated heterocycles. The van der Waals surface area contributed by atoms with E-state index in [1.165, 1.54) is 14.2 Å². The van der Waals surface area contributed by atoms with Gasteiger partial charge in [0.15, 0.2) is 5.05 Å². The molecule has 0 bridgehead atoms. The molecule has 0 aromatic carbocycles. The van der Waals surface area contributed by atoms with Crippen LogP contribution in [0.2, 0.25) is 0 Å². The molecule has 0 aliphatic carbocycles. The summed E-state index contributed by atoms with van der Waals surface area (Å²) in [6.07, 6.45) is 1.18. The van der Waals surface area contributed by atoms with Gasteiger partial charge in [-0.05, 0) is 18.6 Å². The molecular formula is C8H15NO3S. The first-order chi connectivity index (χ1) is 6.15. The van der Waals surface area contributed by atoms with Crippen LogP contribution in [-0.4, -0.2) is 31.4 Å². The highest BCUT2D eigenvalue weighted by atomic mass is 32.1. The van der Waals surface area contributed by atoms with E-state index >= 15 is 0 Å². The number of amides is 1. The Labute approximate surface area is 83.6 Å². The Kier molecular flexibility index (Phi) is 6.22. The monoisotopic (exact) mass is 205 g/mol. The van der Waals surface area contributed by atoms with E-state index in [1.807, 2.05) is 6.92 Å². The lowest BCUT2D eigenvalue weighted by Gasteiger charge is -2.16. The van der Waals surface area contributed by atoms with Crippen LogP contribution in [0.4, 0.5) is 4.79 Å². The molecule has 0 unspecified atom stereocenters. The fourth-order valence-corrected chi connectivity index (χ4v) is 1.06. The summed E-state index contributed by atoms with van der Waals surface area (Å²) in [6.45, 7) is 2.00. The van der Waals surface area contributed by atoms with Crippen LogP contribution in [-0.2, 0) is 9.47 Å². The molecule has 4 nitrogen and oxygen atoms in total. The van der Waals surface area contributed by atoms with E-state index in [-0.39, 0.29) is 6.04 Å². The number of alkyl carbamates (subject to hydrolysis) is 1. The van der Waals surface area contributed by atoms with Crippen molar-refractivity contribution in [2.24, 2.45) is 0 Å². The van der Waals surface area contributed by atoms with E-state index in [1.54, 1.807) is 0 Å². The summed E-state index contributed by atoms with van der Waals surface area (Å²) < 4.78 is 9.33. The molecule has 0 heterocycles. The minimum absolute atomic E-state index is 0.238. The van der Waals surface area contributed by atoms with Gasteiger partial charge in [-0.15, -0.1) is 0 Å². The van der Waals surface area contributed by atoms with Crippen molar-refractivity contribution in [3.8, 4) is 0 Å². The molecule has 0 fully saturated rings. The number of nitrogens with one attached hydrogen (secondary N) is 1. The van der Waals surface area contributed by atoms with Crippen LogP contribution in [0.5, 0.6) is 0 Å². The molecule has 1 amide bonds. The maximum atomic E-state index is 10.9. The SMILES string of the molecule is CCC[C@H](NC(=O)OC)C(=S)OC. The summed E-state index contributed by atoms with van der Waals surface area (Å²) in [5.74, 6) is 0. The molecule has 76 valence electrons. The fourth-order valence-electron chi connectivity index (χ4n) is 0.881. The second-order valence-electron chi connectivity index (χ2n) is 2.50. The van der Waals surface area contributed by atoms with E-state index < -0.39 is 6.09 Å². The molecule has 1 atom stereocenters. The van der Waals surface area contributed by atoms with Gasteiger partial charge in [0, 0.05) is 0 Å².